The lowest BCUT2D eigenvalue weighted by Gasteiger charge is -2.17. The van der Waals surface area contributed by atoms with Crippen molar-refractivity contribution in [1.29, 1.82) is 0 Å². The summed E-state index contributed by atoms with van der Waals surface area (Å²) in [6.45, 7) is 6.13. The van der Waals surface area contributed by atoms with Crippen LogP contribution < -0.4 is 10.2 Å². The smallest absolute Gasteiger partial charge is 0.318 e. The average molecular weight is 198 g/mol. The first-order valence-corrected chi connectivity index (χ1v) is 4.79. The summed E-state index contributed by atoms with van der Waals surface area (Å²) in [5.74, 6) is 0.620. The molecule has 0 aromatic carbocycles. The van der Waals surface area contributed by atoms with Crippen LogP contribution in [0.1, 0.15) is 32.7 Å². The molecule has 0 amide bonds. The maximum atomic E-state index is 5.50. The molecule has 0 aliphatic carbocycles. The molecule has 0 bridgehead atoms. The summed E-state index contributed by atoms with van der Waals surface area (Å²) in [5, 5.41) is 11.0. The lowest BCUT2D eigenvalue weighted by Crippen LogP contribution is -2.25. The van der Waals surface area contributed by atoms with E-state index in [1.54, 1.807) is 0 Å². The number of aromatic nitrogens is 2. The van der Waals surface area contributed by atoms with E-state index >= 15 is 0 Å². The van der Waals surface area contributed by atoms with Crippen molar-refractivity contribution < 1.29 is 4.42 Å². The van der Waals surface area contributed by atoms with Gasteiger partial charge in [-0.15, -0.1) is 5.10 Å². The van der Waals surface area contributed by atoms with E-state index in [0.717, 1.165) is 0 Å². The molecular formula is C9H18N4O. The Balaban J connectivity index is 2.77. The van der Waals surface area contributed by atoms with Gasteiger partial charge in [-0.05, 0) is 27.8 Å². The Hall–Kier alpha value is -1.10. The normalized spacial score (nSPS) is 13.3. The zero-order valence-electron chi connectivity index (χ0n) is 9.40. The molecule has 0 aliphatic rings. The number of hydrogen-bond donors (Lipinski definition) is 1. The van der Waals surface area contributed by atoms with Crippen molar-refractivity contribution in [2.24, 2.45) is 0 Å². The number of rotatable bonds is 4. The van der Waals surface area contributed by atoms with Gasteiger partial charge in [0.2, 0.25) is 5.89 Å². The second-order valence-electron chi connectivity index (χ2n) is 3.64. The second-order valence-corrected chi connectivity index (χ2v) is 3.64. The third-order valence-corrected chi connectivity index (χ3v) is 2.31. The summed E-state index contributed by atoms with van der Waals surface area (Å²) in [6.07, 6.45) is 0. The molecule has 1 N–H and O–H groups in total. The predicted octanol–water partition coefficient (Wildman–Crippen LogP) is 1.19. The van der Waals surface area contributed by atoms with Gasteiger partial charge in [-0.25, -0.2) is 0 Å². The van der Waals surface area contributed by atoms with Gasteiger partial charge in [-0.1, -0.05) is 5.10 Å². The summed E-state index contributed by atoms with van der Waals surface area (Å²) in [5.41, 5.74) is 0. The standard InChI is InChI=1S/C9H18N4O/c1-6(2)13(5)9-12-11-8(14-9)7(3)10-4/h6-7,10H,1-5H3. The summed E-state index contributed by atoms with van der Waals surface area (Å²) in [4.78, 5) is 1.94. The lowest BCUT2D eigenvalue weighted by molar-refractivity contribution is 0.428. The Morgan fingerprint density at radius 1 is 1.29 bits per heavy atom. The third-order valence-electron chi connectivity index (χ3n) is 2.31. The van der Waals surface area contributed by atoms with E-state index < -0.39 is 0 Å². The van der Waals surface area contributed by atoms with Crippen molar-refractivity contribution in [3.63, 3.8) is 0 Å². The van der Waals surface area contributed by atoms with E-state index in [4.69, 9.17) is 4.42 Å². The molecule has 1 aromatic heterocycles. The SMILES string of the molecule is CNC(C)c1nnc(N(C)C(C)C)o1. The summed E-state index contributed by atoms with van der Waals surface area (Å²) in [6, 6.07) is 1.02. The van der Waals surface area contributed by atoms with Crippen molar-refractivity contribution in [3.05, 3.63) is 5.89 Å². The predicted molar refractivity (Wildman–Crippen MR) is 55.3 cm³/mol. The molecule has 80 valence electrons. The molecule has 1 unspecified atom stereocenters. The minimum atomic E-state index is 0.0943. The maximum Gasteiger partial charge on any atom is 0.318 e. The highest BCUT2D eigenvalue weighted by Gasteiger charge is 2.15. The van der Waals surface area contributed by atoms with Gasteiger partial charge in [0.1, 0.15) is 0 Å². The first-order chi connectivity index (χ1) is 6.56. The van der Waals surface area contributed by atoms with Crippen LogP contribution in [-0.4, -0.2) is 30.3 Å². The second kappa shape index (κ2) is 4.41. The molecule has 5 nitrogen and oxygen atoms in total. The summed E-state index contributed by atoms with van der Waals surface area (Å²) >= 11 is 0. The average Bonchev–Trinajstić information content (AvgIpc) is 2.64. The maximum absolute atomic E-state index is 5.50. The van der Waals surface area contributed by atoms with Gasteiger partial charge < -0.3 is 14.6 Å². The van der Waals surface area contributed by atoms with E-state index in [-0.39, 0.29) is 6.04 Å². The first kappa shape index (κ1) is 11.0. The molecule has 14 heavy (non-hydrogen) atoms. The van der Waals surface area contributed by atoms with Crippen LogP contribution in [0.15, 0.2) is 4.42 Å². The number of nitrogens with one attached hydrogen (secondary N) is 1. The third kappa shape index (κ3) is 2.23. The Labute approximate surface area is 84.5 Å². The molecule has 1 heterocycles. The molecule has 5 heteroatoms. The fourth-order valence-corrected chi connectivity index (χ4v) is 0.888. The van der Waals surface area contributed by atoms with Gasteiger partial charge in [-0.2, -0.15) is 0 Å². The zero-order chi connectivity index (χ0) is 10.7. The molecule has 0 aliphatic heterocycles. The Bertz CT molecular complexity index is 284. The lowest BCUT2D eigenvalue weighted by atomic mass is 10.3. The van der Waals surface area contributed by atoms with Gasteiger partial charge in [0.05, 0.1) is 6.04 Å². The number of nitrogens with zero attached hydrogens (tertiary/aromatic N) is 3. The van der Waals surface area contributed by atoms with E-state index in [9.17, 15) is 0 Å². The Morgan fingerprint density at radius 3 is 2.43 bits per heavy atom. The van der Waals surface area contributed by atoms with Crippen LogP contribution in [0.3, 0.4) is 0 Å². The van der Waals surface area contributed by atoms with Crippen LogP contribution in [-0.2, 0) is 0 Å². The minimum Gasteiger partial charge on any atom is -0.406 e. The largest absolute Gasteiger partial charge is 0.406 e. The van der Waals surface area contributed by atoms with E-state index in [0.29, 0.717) is 17.9 Å². The van der Waals surface area contributed by atoms with Crippen LogP contribution in [0.25, 0.3) is 0 Å². The molecule has 0 fully saturated rings. The van der Waals surface area contributed by atoms with Crippen molar-refractivity contribution in [1.82, 2.24) is 15.5 Å². The van der Waals surface area contributed by atoms with Crippen LogP contribution in [0.5, 0.6) is 0 Å². The van der Waals surface area contributed by atoms with Crippen LogP contribution in [0.2, 0.25) is 0 Å². The molecule has 1 atom stereocenters. The fraction of sp³-hybridized carbons (Fsp3) is 0.778. The molecular weight excluding hydrogens is 180 g/mol. The topological polar surface area (TPSA) is 54.2 Å². The van der Waals surface area contributed by atoms with Crippen molar-refractivity contribution in [2.45, 2.75) is 32.9 Å². The van der Waals surface area contributed by atoms with E-state index in [1.165, 1.54) is 0 Å². The zero-order valence-corrected chi connectivity index (χ0v) is 9.40. The molecule has 0 radical (unpaired) electrons. The van der Waals surface area contributed by atoms with Crippen LogP contribution >= 0.6 is 0 Å². The quantitative estimate of drug-likeness (QED) is 0.787. The van der Waals surface area contributed by atoms with Gasteiger partial charge in [0.25, 0.3) is 0 Å². The molecule has 1 rings (SSSR count). The van der Waals surface area contributed by atoms with Crippen molar-refractivity contribution in [3.8, 4) is 0 Å². The number of hydrogen-bond acceptors (Lipinski definition) is 5. The highest BCUT2D eigenvalue weighted by molar-refractivity contribution is 5.23. The van der Waals surface area contributed by atoms with E-state index in [1.807, 2.05) is 25.9 Å². The molecule has 0 saturated heterocycles. The minimum absolute atomic E-state index is 0.0943. The molecule has 0 saturated carbocycles. The first-order valence-electron chi connectivity index (χ1n) is 4.79. The van der Waals surface area contributed by atoms with Gasteiger partial charge in [0, 0.05) is 13.1 Å². The number of anilines is 1. The monoisotopic (exact) mass is 198 g/mol. The highest BCUT2D eigenvalue weighted by atomic mass is 16.4. The van der Waals surface area contributed by atoms with Crippen molar-refractivity contribution >= 4 is 6.01 Å². The van der Waals surface area contributed by atoms with E-state index in [2.05, 4.69) is 29.4 Å². The highest BCUT2D eigenvalue weighted by Crippen LogP contribution is 2.17. The fourth-order valence-electron chi connectivity index (χ4n) is 0.888. The van der Waals surface area contributed by atoms with Crippen LogP contribution in [0, 0.1) is 0 Å². The molecule has 0 spiro atoms. The summed E-state index contributed by atoms with van der Waals surface area (Å²) in [7, 11) is 3.80. The van der Waals surface area contributed by atoms with Gasteiger partial charge in [0.15, 0.2) is 0 Å². The summed E-state index contributed by atoms with van der Waals surface area (Å²) < 4.78 is 5.50. The van der Waals surface area contributed by atoms with Gasteiger partial charge >= 0.3 is 6.01 Å². The van der Waals surface area contributed by atoms with Crippen molar-refractivity contribution in [2.75, 3.05) is 19.0 Å². The Morgan fingerprint density at radius 2 is 1.93 bits per heavy atom. The van der Waals surface area contributed by atoms with Gasteiger partial charge in [-0.3, -0.25) is 0 Å². The molecule has 1 aromatic rings. The Kier molecular flexibility index (Phi) is 3.46. The van der Waals surface area contributed by atoms with Crippen LogP contribution in [0.4, 0.5) is 6.01 Å².